The number of benzene rings is 1. The van der Waals surface area contributed by atoms with Crippen LogP contribution >= 0.6 is 0 Å². The SMILES string of the molecule is Cn1ccc2c(OC3CCN(Cc4ncccn4)CC3)cccc21. The van der Waals surface area contributed by atoms with E-state index in [-0.39, 0.29) is 6.10 Å². The number of rotatable bonds is 4. The Morgan fingerprint density at radius 2 is 1.88 bits per heavy atom. The largest absolute Gasteiger partial charge is 0.490 e. The molecule has 5 nitrogen and oxygen atoms in total. The topological polar surface area (TPSA) is 43.2 Å². The molecular weight excluding hydrogens is 300 g/mol. The number of fused-ring (bicyclic) bond motifs is 1. The first-order valence-electron chi connectivity index (χ1n) is 8.48. The highest BCUT2D eigenvalue weighted by Crippen LogP contribution is 2.28. The first-order valence-corrected chi connectivity index (χ1v) is 8.48. The van der Waals surface area contributed by atoms with Crippen LogP contribution in [0.15, 0.2) is 48.9 Å². The predicted octanol–water partition coefficient (Wildman–Crippen LogP) is 3.01. The van der Waals surface area contributed by atoms with Gasteiger partial charge in [-0.05, 0) is 37.1 Å². The summed E-state index contributed by atoms with van der Waals surface area (Å²) in [5.74, 6) is 1.89. The lowest BCUT2D eigenvalue weighted by molar-refractivity contribution is 0.0965. The molecule has 0 amide bonds. The summed E-state index contributed by atoms with van der Waals surface area (Å²) in [6.07, 6.45) is 8.05. The van der Waals surface area contributed by atoms with Crippen molar-refractivity contribution in [3.05, 3.63) is 54.7 Å². The Hall–Kier alpha value is -2.40. The summed E-state index contributed by atoms with van der Waals surface area (Å²) in [4.78, 5) is 11.0. The molecule has 1 fully saturated rings. The van der Waals surface area contributed by atoms with E-state index in [4.69, 9.17) is 4.74 Å². The van der Waals surface area contributed by atoms with Crippen LogP contribution in [0.3, 0.4) is 0 Å². The van der Waals surface area contributed by atoms with E-state index in [1.54, 1.807) is 12.4 Å². The van der Waals surface area contributed by atoms with E-state index >= 15 is 0 Å². The first-order chi connectivity index (χ1) is 11.8. The molecule has 5 heteroatoms. The van der Waals surface area contributed by atoms with Crippen molar-refractivity contribution in [3.63, 3.8) is 0 Å². The second kappa shape index (κ2) is 6.61. The molecule has 2 aromatic heterocycles. The van der Waals surface area contributed by atoms with Gasteiger partial charge < -0.3 is 9.30 Å². The maximum absolute atomic E-state index is 6.31. The highest BCUT2D eigenvalue weighted by atomic mass is 16.5. The molecule has 1 aromatic carbocycles. The van der Waals surface area contributed by atoms with Crippen molar-refractivity contribution in [2.75, 3.05) is 13.1 Å². The Labute approximate surface area is 141 Å². The molecule has 1 aliphatic heterocycles. The summed E-state index contributed by atoms with van der Waals surface area (Å²) < 4.78 is 8.44. The van der Waals surface area contributed by atoms with Crippen LogP contribution in [0.5, 0.6) is 5.75 Å². The number of hydrogen-bond donors (Lipinski definition) is 0. The van der Waals surface area contributed by atoms with Crippen LogP contribution in [-0.4, -0.2) is 38.6 Å². The monoisotopic (exact) mass is 322 g/mol. The molecule has 24 heavy (non-hydrogen) atoms. The molecule has 0 atom stereocenters. The van der Waals surface area contributed by atoms with Gasteiger partial charge in [0, 0.05) is 44.1 Å². The fraction of sp³-hybridized carbons (Fsp3) is 0.368. The number of likely N-dealkylation sites (tertiary alicyclic amines) is 1. The van der Waals surface area contributed by atoms with Gasteiger partial charge in [0.05, 0.1) is 12.1 Å². The molecule has 3 aromatic rings. The Balaban J connectivity index is 1.37. The molecule has 4 rings (SSSR count). The van der Waals surface area contributed by atoms with E-state index in [0.29, 0.717) is 0 Å². The van der Waals surface area contributed by atoms with Crippen LogP contribution < -0.4 is 4.74 Å². The van der Waals surface area contributed by atoms with Crippen LogP contribution in [-0.2, 0) is 13.6 Å². The van der Waals surface area contributed by atoms with Gasteiger partial charge in [-0.1, -0.05) is 6.07 Å². The average Bonchev–Trinajstić information content (AvgIpc) is 3.00. The van der Waals surface area contributed by atoms with Crippen LogP contribution in [0.25, 0.3) is 10.9 Å². The minimum atomic E-state index is 0.281. The lowest BCUT2D eigenvalue weighted by Crippen LogP contribution is -2.38. The Kier molecular flexibility index (Phi) is 4.17. The van der Waals surface area contributed by atoms with Crippen molar-refractivity contribution in [3.8, 4) is 5.75 Å². The standard InChI is InChI=1S/C19H22N4O/c1-22-11-8-16-17(22)4-2-5-18(16)24-15-6-12-23(13-7-15)14-19-20-9-3-10-21-19/h2-5,8-11,15H,6-7,12-14H2,1H3. The van der Waals surface area contributed by atoms with Gasteiger partial charge in [0.25, 0.3) is 0 Å². The predicted molar refractivity (Wildman–Crippen MR) is 93.9 cm³/mol. The van der Waals surface area contributed by atoms with E-state index in [9.17, 15) is 0 Å². The Morgan fingerprint density at radius 3 is 2.67 bits per heavy atom. The number of ether oxygens (including phenoxy) is 1. The third-order valence-electron chi connectivity index (χ3n) is 4.70. The van der Waals surface area contributed by atoms with E-state index in [1.807, 2.05) is 6.07 Å². The molecule has 0 unspecified atom stereocenters. The van der Waals surface area contributed by atoms with Gasteiger partial charge in [-0.25, -0.2) is 9.97 Å². The zero-order chi connectivity index (χ0) is 16.4. The van der Waals surface area contributed by atoms with Crippen molar-refractivity contribution >= 4 is 10.9 Å². The highest BCUT2D eigenvalue weighted by molar-refractivity contribution is 5.86. The van der Waals surface area contributed by atoms with Crippen molar-refractivity contribution in [2.45, 2.75) is 25.5 Å². The molecule has 0 spiro atoms. The minimum Gasteiger partial charge on any atom is -0.490 e. The molecule has 0 N–H and O–H groups in total. The normalized spacial score (nSPS) is 16.5. The van der Waals surface area contributed by atoms with Crippen molar-refractivity contribution in [1.29, 1.82) is 0 Å². The summed E-state index contributed by atoms with van der Waals surface area (Å²) in [5.41, 5.74) is 1.21. The maximum Gasteiger partial charge on any atom is 0.142 e. The second-order valence-electron chi connectivity index (χ2n) is 6.37. The van der Waals surface area contributed by atoms with Gasteiger partial charge in [0.15, 0.2) is 0 Å². The highest BCUT2D eigenvalue weighted by Gasteiger charge is 2.21. The van der Waals surface area contributed by atoms with Gasteiger partial charge in [0.2, 0.25) is 0 Å². The third-order valence-corrected chi connectivity index (χ3v) is 4.70. The van der Waals surface area contributed by atoms with E-state index in [0.717, 1.165) is 44.0 Å². The molecule has 3 heterocycles. The number of nitrogens with zero attached hydrogens (tertiary/aromatic N) is 4. The zero-order valence-electron chi connectivity index (χ0n) is 13.9. The van der Waals surface area contributed by atoms with Crippen LogP contribution in [0.4, 0.5) is 0 Å². The summed E-state index contributed by atoms with van der Waals surface area (Å²) in [7, 11) is 2.07. The molecule has 1 saturated heterocycles. The molecule has 0 radical (unpaired) electrons. The minimum absolute atomic E-state index is 0.281. The molecular formula is C19H22N4O. The zero-order valence-corrected chi connectivity index (χ0v) is 13.9. The summed E-state index contributed by atoms with van der Waals surface area (Å²) in [5, 5.41) is 1.19. The van der Waals surface area contributed by atoms with Crippen LogP contribution in [0, 0.1) is 0 Å². The Bertz CT molecular complexity index is 807. The molecule has 0 saturated carbocycles. The molecule has 0 bridgehead atoms. The fourth-order valence-corrected chi connectivity index (χ4v) is 3.35. The van der Waals surface area contributed by atoms with E-state index in [1.165, 1.54) is 10.9 Å². The first kappa shape index (κ1) is 15.1. The summed E-state index contributed by atoms with van der Waals surface area (Å²) in [6, 6.07) is 10.3. The van der Waals surface area contributed by atoms with Gasteiger partial charge in [-0.15, -0.1) is 0 Å². The summed E-state index contributed by atoms with van der Waals surface area (Å²) in [6.45, 7) is 2.86. The molecule has 124 valence electrons. The number of hydrogen-bond acceptors (Lipinski definition) is 4. The van der Waals surface area contributed by atoms with Gasteiger partial charge in [-0.3, -0.25) is 4.90 Å². The van der Waals surface area contributed by atoms with Crippen molar-refractivity contribution in [1.82, 2.24) is 19.4 Å². The Morgan fingerprint density at radius 1 is 1.08 bits per heavy atom. The second-order valence-corrected chi connectivity index (χ2v) is 6.37. The average molecular weight is 322 g/mol. The van der Waals surface area contributed by atoms with Crippen LogP contribution in [0.1, 0.15) is 18.7 Å². The lowest BCUT2D eigenvalue weighted by Gasteiger charge is -2.31. The number of aromatic nitrogens is 3. The van der Waals surface area contributed by atoms with Gasteiger partial charge in [-0.2, -0.15) is 0 Å². The number of piperidine rings is 1. The fourth-order valence-electron chi connectivity index (χ4n) is 3.35. The van der Waals surface area contributed by atoms with E-state index in [2.05, 4.69) is 56.9 Å². The smallest absolute Gasteiger partial charge is 0.142 e. The molecule has 1 aliphatic rings. The van der Waals surface area contributed by atoms with Crippen molar-refractivity contribution < 1.29 is 4.74 Å². The van der Waals surface area contributed by atoms with E-state index < -0.39 is 0 Å². The number of aryl methyl sites for hydroxylation is 1. The maximum atomic E-state index is 6.31. The third kappa shape index (κ3) is 3.12. The lowest BCUT2D eigenvalue weighted by atomic mass is 10.1. The quantitative estimate of drug-likeness (QED) is 0.740. The van der Waals surface area contributed by atoms with Gasteiger partial charge >= 0.3 is 0 Å². The summed E-state index contributed by atoms with van der Waals surface area (Å²) >= 11 is 0. The van der Waals surface area contributed by atoms with Gasteiger partial charge in [0.1, 0.15) is 17.7 Å². The van der Waals surface area contributed by atoms with Crippen LogP contribution in [0.2, 0.25) is 0 Å². The molecule has 0 aliphatic carbocycles. The van der Waals surface area contributed by atoms with Crippen molar-refractivity contribution in [2.24, 2.45) is 7.05 Å².